The normalized spacial score (nSPS) is 15.0. The van der Waals surface area contributed by atoms with Crippen molar-refractivity contribution in [2.45, 2.75) is 12.3 Å². The number of pyridine rings is 1. The zero-order valence-corrected chi connectivity index (χ0v) is 19.3. The minimum absolute atomic E-state index is 0.0176. The largest absolute Gasteiger partial charge is 0.298 e. The summed E-state index contributed by atoms with van der Waals surface area (Å²) in [5.74, 6) is -1.97. The molecule has 32 heavy (non-hydrogen) atoms. The lowest BCUT2D eigenvalue weighted by Gasteiger charge is -2.39. The first kappa shape index (κ1) is 23.1. The van der Waals surface area contributed by atoms with Crippen LogP contribution in [-0.4, -0.2) is 37.1 Å². The maximum Gasteiger partial charge on any atom is 0.154 e. The quantitative estimate of drug-likeness (QED) is 0.412. The van der Waals surface area contributed by atoms with Gasteiger partial charge in [-0.3, -0.25) is 4.90 Å². The van der Waals surface area contributed by atoms with Crippen molar-refractivity contribution in [1.82, 2.24) is 9.88 Å². The molecule has 1 aliphatic rings. The molecule has 0 unspecified atom stereocenters. The molecule has 3 aromatic rings. The van der Waals surface area contributed by atoms with Crippen LogP contribution in [0.25, 0.3) is 11.1 Å². The Hall–Kier alpha value is -2.06. The third kappa shape index (κ3) is 5.84. The van der Waals surface area contributed by atoms with Crippen molar-refractivity contribution in [1.29, 1.82) is 0 Å². The van der Waals surface area contributed by atoms with Crippen LogP contribution in [0.4, 0.5) is 8.78 Å². The Labute approximate surface area is 195 Å². The third-order valence-corrected chi connectivity index (χ3v) is 7.55. The smallest absolute Gasteiger partial charge is 0.154 e. The van der Waals surface area contributed by atoms with E-state index in [4.69, 9.17) is 23.2 Å². The number of nitrogens with zero attached hydrogens (tertiary/aromatic N) is 2. The summed E-state index contributed by atoms with van der Waals surface area (Å²) in [4.78, 5) is 6.28. The van der Waals surface area contributed by atoms with E-state index in [0.29, 0.717) is 29.8 Å². The van der Waals surface area contributed by atoms with Crippen LogP contribution in [0, 0.1) is 17.6 Å². The molecule has 168 valence electrons. The van der Waals surface area contributed by atoms with E-state index in [-0.39, 0.29) is 23.0 Å². The van der Waals surface area contributed by atoms with Gasteiger partial charge in [-0.2, -0.15) is 0 Å². The lowest BCUT2D eigenvalue weighted by molar-refractivity contribution is 0.107. The topological polar surface area (TPSA) is 50.3 Å². The Morgan fingerprint density at radius 1 is 1.00 bits per heavy atom. The van der Waals surface area contributed by atoms with Crippen molar-refractivity contribution < 1.29 is 17.2 Å². The second-order valence-corrected chi connectivity index (χ2v) is 11.0. The second kappa shape index (κ2) is 9.43. The van der Waals surface area contributed by atoms with Crippen LogP contribution < -0.4 is 0 Å². The highest BCUT2D eigenvalue weighted by Gasteiger charge is 2.31. The van der Waals surface area contributed by atoms with Gasteiger partial charge >= 0.3 is 0 Å². The SMILES string of the molecule is O=S(=O)(Cc1cc(F)cc(F)c1)CC1CN(Cc2ccc(Cl)cc2-c2ccc(Cl)nc2)C1. The molecule has 1 aromatic heterocycles. The molecule has 0 aliphatic carbocycles. The second-order valence-electron chi connectivity index (χ2n) is 8.06. The molecule has 0 radical (unpaired) electrons. The lowest BCUT2D eigenvalue weighted by Crippen LogP contribution is -2.48. The van der Waals surface area contributed by atoms with Crippen LogP contribution >= 0.6 is 23.2 Å². The van der Waals surface area contributed by atoms with Crippen molar-refractivity contribution >= 4 is 33.0 Å². The molecular formula is C23H20Cl2F2N2O2S. The van der Waals surface area contributed by atoms with Gasteiger partial charge in [0.25, 0.3) is 0 Å². The van der Waals surface area contributed by atoms with Gasteiger partial charge in [0.15, 0.2) is 9.84 Å². The molecule has 0 spiro atoms. The molecule has 9 heteroatoms. The number of likely N-dealkylation sites (tertiary alicyclic amines) is 1. The average Bonchev–Trinajstić information content (AvgIpc) is 2.66. The molecule has 4 rings (SSSR count). The van der Waals surface area contributed by atoms with E-state index in [2.05, 4.69) is 9.88 Å². The minimum Gasteiger partial charge on any atom is -0.298 e. The van der Waals surface area contributed by atoms with Crippen LogP contribution in [0.15, 0.2) is 54.7 Å². The number of benzene rings is 2. The summed E-state index contributed by atoms with van der Waals surface area (Å²) in [6, 6.07) is 12.1. The lowest BCUT2D eigenvalue weighted by atomic mass is 9.97. The van der Waals surface area contributed by atoms with Crippen molar-refractivity contribution in [2.24, 2.45) is 5.92 Å². The molecular weight excluding hydrogens is 477 g/mol. The van der Waals surface area contributed by atoms with Crippen LogP contribution in [0.3, 0.4) is 0 Å². The predicted octanol–water partition coefficient (Wildman–Crippen LogP) is 5.38. The predicted molar refractivity (Wildman–Crippen MR) is 122 cm³/mol. The molecule has 1 saturated heterocycles. The number of sulfone groups is 1. The highest BCUT2D eigenvalue weighted by atomic mass is 35.5. The number of rotatable bonds is 7. The molecule has 1 aliphatic heterocycles. The first-order valence-electron chi connectivity index (χ1n) is 9.95. The van der Waals surface area contributed by atoms with Gasteiger partial charge in [0.1, 0.15) is 16.8 Å². The number of hydrogen-bond donors (Lipinski definition) is 0. The fourth-order valence-electron chi connectivity index (χ4n) is 4.01. The monoisotopic (exact) mass is 496 g/mol. The third-order valence-electron chi connectivity index (χ3n) is 5.34. The maximum atomic E-state index is 13.3. The summed E-state index contributed by atoms with van der Waals surface area (Å²) in [5, 5.41) is 1.02. The van der Waals surface area contributed by atoms with Crippen molar-refractivity contribution in [2.75, 3.05) is 18.8 Å². The van der Waals surface area contributed by atoms with E-state index in [1.807, 2.05) is 24.3 Å². The van der Waals surface area contributed by atoms with Gasteiger partial charge in [-0.15, -0.1) is 0 Å². The van der Waals surface area contributed by atoms with Gasteiger partial charge in [0, 0.05) is 42.5 Å². The van der Waals surface area contributed by atoms with Gasteiger partial charge in [-0.25, -0.2) is 22.2 Å². The van der Waals surface area contributed by atoms with E-state index in [1.165, 1.54) is 0 Å². The zero-order chi connectivity index (χ0) is 22.9. The highest BCUT2D eigenvalue weighted by Crippen LogP contribution is 2.30. The Morgan fingerprint density at radius 3 is 2.38 bits per heavy atom. The molecule has 0 N–H and O–H groups in total. The van der Waals surface area contributed by atoms with Crippen molar-refractivity contribution in [3.63, 3.8) is 0 Å². The van der Waals surface area contributed by atoms with Gasteiger partial charge in [0.05, 0.1) is 11.5 Å². The number of aromatic nitrogens is 1. The van der Waals surface area contributed by atoms with Crippen LogP contribution in [-0.2, 0) is 22.1 Å². The van der Waals surface area contributed by atoms with Crippen LogP contribution in [0.1, 0.15) is 11.1 Å². The zero-order valence-electron chi connectivity index (χ0n) is 16.9. The van der Waals surface area contributed by atoms with Crippen molar-refractivity contribution in [3.05, 3.63) is 87.7 Å². The van der Waals surface area contributed by atoms with Gasteiger partial charge in [-0.05, 0) is 59.0 Å². The molecule has 0 bridgehead atoms. The Balaban J connectivity index is 1.38. The first-order chi connectivity index (χ1) is 15.2. The van der Waals surface area contributed by atoms with Gasteiger partial charge < -0.3 is 0 Å². The van der Waals surface area contributed by atoms with Crippen molar-refractivity contribution in [3.8, 4) is 11.1 Å². The standard InChI is InChI=1S/C23H20Cl2F2N2O2S/c24-19-3-1-18(22(7-19)17-2-4-23(25)28-9-17)12-29-10-16(11-29)14-32(30,31)13-15-5-20(26)8-21(27)6-15/h1-9,16H,10-14H2. The van der Waals surface area contributed by atoms with E-state index in [1.54, 1.807) is 12.3 Å². The maximum absolute atomic E-state index is 13.3. The molecule has 0 atom stereocenters. The summed E-state index contributed by atoms with van der Waals surface area (Å²) in [6.45, 7) is 1.89. The van der Waals surface area contributed by atoms with E-state index >= 15 is 0 Å². The Bertz CT molecular complexity index is 1210. The van der Waals surface area contributed by atoms with E-state index in [0.717, 1.165) is 34.9 Å². The Morgan fingerprint density at radius 2 is 1.72 bits per heavy atom. The Kier molecular flexibility index (Phi) is 6.81. The minimum atomic E-state index is -3.48. The molecule has 1 fully saturated rings. The summed E-state index contributed by atoms with van der Waals surface area (Å²) >= 11 is 12.1. The molecule has 2 aromatic carbocycles. The molecule has 2 heterocycles. The number of halogens is 4. The number of hydrogen-bond acceptors (Lipinski definition) is 4. The molecule has 4 nitrogen and oxygen atoms in total. The fourth-order valence-corrected chi connectivity index (χ4v) is 6.01. The summed E-state index contributed by atoms with van der Waals surface area (Å²) in [6.07, 6.45) is 1.69. The molecule has 0 saturated carbocycles. The molecule has 0 amide bonds. The highest BCUT2D eigenvalue weighted by molar-refractivity contribution is 7.90. The van der Waals surface area contributed by atoms with Gasteiger partial charge in [0.2, 0.25) is 0 Å². The van der Waals surface area contributed by atoms with Crippen LogP contribution in [0.2, 0.25) is 10.2 Å². The summed E-state index contributed by atoms with van der Waals surface area (Å²) in [7, 11) is -3.48. The van der Waals surface area contributed by atoms with E-state index in [9.17, 15) is 17.2 Å². The fraction of sp³-hybridized carbons (Fsp3) is 0.261. The summed E-state index contributed by atoms with van der Waals surface area (Å²) < 4.78 is 51.7. The van der Waals surface area contributed by atoms with Crippen LogP contribution in [0.5, 0.6) is 0 Å². The summed E-state index contributed by atoms with van der Waals surface area (Å²) in [5.41, 5.74) is 3.02. The van der Waals surface area contributed by atoms with E-state index < -0.39 is 21.5 Å². The average molecular weight is 497 g/mol. The first-order valence-corrected chi connectivity index (χ1v) is 12.5. The van der Waals surface area contributed by atoms with Gasteiger partial charge in [-0.1, -0.05) is 29.3 Å².